The van der Waals surface area contributed by atoms with Gasteiger partial charge in [0.1, 0.15) is 0 Å². The SMILES string of the molecule is O=C(c1cnc(-c2cccnc2)nc1)N1CC[C@H]2OCc3cnnn3[C@H]2C1. The number of ether oxygens (including phenoxy) is 1. The number of pyridine rings is 1. The Hall–Kier alpha value is -3.20. The van der Waals surface area contributed by atoms with Crippen LogP contribution < -0.4 is 0 Å². The van der Waals surface area contributed by atoms with Crippen LogP contribution in [0.15, 0.2) is 43.1 Å². The number of carbonyl (C=O) groups excluding carboxylic acids is 1. The highest BCUT2D eigenvalue weighted by Gasteiger charge is 2.38. The molecule has 27 heavy (non-hydrogen) atoms. The number of aromatic nitrogens is 6. The predicted molar refractivity (Wildman–Crippen MR) is 93.4 cm³/mol. The number of piperidine rings is 1. The Morgan fingerprint density at radius 2 is 2.07 bits per heavy atom. The van der Waals surface area contributed by atoms with Crippen LogP contribution in [-0.4, -0.2) is 59.9 Å². The van der Waals surface area contributed by atoms with Crippen LogP contribution in [0, 0.1) is 0 Å². The van der Waals surface area contributed by atoms with E-state index in [1.54, 1.807) is 31.0 Å². The normalized spacial score (nSPS) is 21.4. The largest absolute Gasteiger partial charge is 0.370 e. The third kappa shape index (κ3) is 2.85. The van der Waals surface area contributed by atoms with Crippen LogP contribution >= 0.6 is 0 Å². The van der Waals surface area contributed by atoms with Gasteiger partial charge in [-0.25, -0.2) is 14.6 Å². The van der Waals surface area contributed by atoms with Gasteiger partial charge in [0.25, 0.3) is 5.91 Å². The zero-order valence-electron chi connectivity index (χ0n) is 14.5. The fourth-order valence-corrected chi connectivity index (χ4v) is 3.63. The van der Waals surface area contributed by atoms with E-state index in [9.17, 15) is 4.79 Å². The minimum Gasteiger partial charge on any atom is -0.370 e. The summed E-state index contributed by atoms with van der Waals surface area (Å²) in [6.07, 6.45) is 9.07. The second-order valence-corrected chi connectivity index (χ2v) is 6.66. The first-order chi connectivity index (χ1) is 13.3. The molecule has 0 unspecified atom stereocenters. The fourth-order valence-electron chi connectivity index (χ4n) is 3.63. The van der Waals surface area contributed by atoms with Gasteiger partial charge in [-0.2, -0.15) is 0 Å². The van der Waals surface area contributed by atoms with Crippen LogP contribution in [0.25, 0.3) is 11.4 Å². The first-order valence-corrected chi connectivity index (χ1v) is 8.82. The Labute approximate surface area is 155 Å². The fraction of sp³-hybridized carbons (Fsp3) is 0.333. The minimum atomic E-state index is -0.0848. The molecule has 5 heterocycles. The monoisotopic (exact) mass is 363 g/mol. The molecule has 3 aromatic rings. The molecule has 0 N–H and O–H groups in total. The van der Waals surface area contributed by atoms with Gasteiger partial charge in [-0.15, -0.1) is 5.10 Å². The number of nitrogens with zero attached hydrogens (tertiary/aromatic N) is 7. The molecular formula is C18H17N7O2. The maximum atomic E-state index is 12.9. The van der Waals surface area contributed by atoms with E-state index in [2.05, 4.69) is 25.3 Å². The van der Waals surface area contributed by atoms with Crippen molar-refractivity contribution in [1.82, 2.24) is 34.8 Å². The molecule has 5 rings (SSSR count). The molecule has 1 saturated heterocycles. The molecule has 0 aliphatic carbocycles. The molecule has 3 aromatic heterocycles. The van der Waals surface area contributed by atoms with Crippen molar-refractivity contribution in [3.63, 3.8) is 0 Å². The summed E-state index contributed by atoms with van der Waals surface area (Å²) < 4.78 is 7.78. The highest BCUT2D eigenvalue weighted by atomic mass is 16.5. The standard InChI is InChI=1S/C18H17N7O2/c26-18(13-7-20-17(21-8-13)12-2-1-4-19-6-12)24-5-3-16-15(10-24)25-14(11-27-16)9-22-23-25/h1-2,4,6-9,15-16H,3,5,10-11H2/t15-,16+/m0/s1. The van der Waals surface area contributed by atoms with E-state index in [1.807, 2.05) is 21.7 Å². The second-order valence-electron chi connectivity index (χ2n) is 6.66. The second kappa shape index (κ2) is 6.51. The van der Waals surface area contributed by atoms with Crippen LogP contribution in [0.3, 0.4) is 0 Å². The van der Waals surface area contributed by atoms with Crippen LogP contribution in [0.5, 0.6) is 0 Å². The molecule has 9 heteroatoms. The summed E-state index contributed by atoms with van der Waals surface area (Å²) in [6, 6.07) is 3.70. The number of likely N-dealkylation sites (tertiary alicyclic amines) is 1. The smallest absolute Gasteiger partial charge is 0.257 e. The van der Waals surface area contributed by atoms with Crippen LogP contribution in [-0.2, 0) is 11.3 Å². The number of rotatable bonds is 2. The lowest BCUT2D eigenvalue weighted by Gasteiger charge is -2.40. The van der Waals surface area contributed by atoms with Gasteiger partial charge in [0.05, 0.1) is 36.2 Å². The summed E-state index contributed by atoms with van der Waals surface area (Å²) in [4.78, 5) is 27.4. The number of amides is 1. The molecule has 136 valence electrons. The van der Waals surface area contributed by atoms with E-state index in [0.717, 1.165) is 17.7 Å². The Morgan fingerprint density at radius 3 is 2.89 bits per heavy atom. The van der Waals surface area contributed by atoms with Crippen LogP contribution in [0.4, 0.5) is 0 Å². The molecule has 0 saturated carbocycles. The maximum absolute atomic E-state index is 12.9. The first kappa shape index (κ1) is 16.0. The molecule has 9 nitrogen and oxygen atoms in total. The Morgan fingerprint density at radius 1 is 1.19 bits per heavy atom. The van der Waals surface area contributed by atoms with Gasteiger partial charge >= 0.3 is 0 Å². The lowest BCUT2D eigenvalue weighted by molar-refractivity contribution is -0.0605. The lowest BCUT2D eigenvalue weighted by atomic mass is 10.00. The molecule has 2 atom stereocenters. The number of carbonyl (C=O) groups is 1. The molecule has 0 spiro atoms. The van der Waals surface area contributed by atoms with E-state index in [1.165, 1.54) is 0 Å². The quantitative estimate of drug-likeness (QED) is 0.672. The van der Waals surface area contributed by atoms with Gasteiger partial charge in [-0.05, 0) is 18.6 Å². The van der Waals surface area contributed by atoms with Crippen molar-refractivity contribution in [2.24, 2.45) is 0 Å². The summed E-state index contributed by atoms with van der Waals surface area (Å²) >= 11 is 0. The Kier molecular flexibility index (Phi) is 3.86. The number of hydrogen-bond donors (Lipinski definition) is 0. The zero-order chi connectivity index (χ0) is 18.2. The Balaban J connectivity index is 1.34. The summed E-state index contributed by atoms with van der Waals surface area (Å²) in [6.45, 7) is 1.68. The third-order valence-electron chi connectivity index (χ3n) is 5.03. The molecule has 0 bridgehead atoms. The van der Waals surface area contributed by atoms with Gasteiger partial charge in [0, 0.05) is 43.4 Å². The lowest BCUT2D eigenvalue weighted by Crippen LogP contribution is -2.49. The van der Waals surface area contributed by atoms with Gasteiger partial charge in [-0.1, -0.05) is 5.21 Å². The summed E-state index contributed by atoms with van der Waals surface area (Å²) in [5.41, 5.74) is 2.22. The predicted octanol–water partition coefficient (Wildman–Crippen LogP) is 1.12. The van der Waals surface area contributed by atoms with Crippen LogP contribution in [0.1, 0.15) is 28.5 Å². The molecular weight excluding hydrogens is 346 g/mol. The van der Waals surface area contributed by atoms with E-state index in [4.69, 9.17) is 4.74 Å². The topological polar surface area (TPSA) is 98.9 Å². The van der Waals surface area contributed by atoms with E-state index >= 15 is 0 Å². The average molecular weight is 363 g/mol. The van der Waals surface area contributed by atoms with Crippen molar-refractivity contribution >= 4 is 5.91 Å². The third-order valence-corrected chi connectivity index (χ3v) is 5.03. The van der Waals surface area contributed by atoms with Crippen molar-refractivity contribution in [1.29, 1.82) is 0 Å². The summed E-state index contributed by atoms with van der Waals surface area (Å²) in [5.74, 6) is 0.463. The van der Waals surface area contributed by atoms with Crippen molar-refractivity contribution in [3.8, 4) is 11.4 Å². The molecule has 2 aliphatic heterocycles. The van der Waals surface area contributed by atoms with Crippen molar-refractivity contribution in [2.45, 2.75) is 25.2 Å². The van der Waals surface area contributed by atoms with Gasteiger partial charge in [0.15, 0.2) is 5.82 Å². The Bertz CT molecular complexity index is 957. The van der Waals surface area contributed by atoms with E-state index in [0.29, 0.717) is 31.1 Å². The zero-order valence-corrected chi connectivity index (χ0v) is 14.5. The molecule has 1 amide bonds. The highest BCUT2D eigenvalue weighted by molar-refractivity contribution is 5.93. The van der Waals surface area contributed by atoms with E-state index in [-0.39, 0.29) is 18.1 Å². The first-order valence-electron chi connectivity index (χ1n) is 8.82. The summed E-state index contributed by atoms with van der Waals surface area (Å²) in [7, 11) is 0. The van der Waals surface area contributed by atoms with E-state index < -0.39 is 0 Å². The number of hydrogen-bond acceptors (Lipinski definition) is 7. The van der Waals surface area contributed by atoms with Gasteiger partial charge in [-0.3, -0.25) is 9.78 Å². The minimum absolute atomic E-state index is 0.00969. The molecule has 1 fully saturated rings. The molecule has 0 aromatic carbocycles. The average Bonchev–Trinajstić information content (AvgIpc) is 3.23. The molecule has 0 radical (unpaired) electrons. The summed E-state index contributed by atoms with van der Waals surface area (Å²) in [5, 5.41) is 8.14. The van der Waals surface area contributed by atoms with Gasteiger partial charge < -0.3 is 9.64 Å². The van der Waals surface area contributed by atoms with Gasteiger partial charge in [0.2, 0.25) is 0 Å². The highest BCUT2D eigenvalue weighted by Crippen LogP contribution is 2.30. The molecule has 2 aliphatic rings. The van der Waals surface area contributed by atoms with Crippen molar-refractivity contribution < 1.29 is 9.53 Å². The maximum Gasteiger partial charge on any atom is 0.257 e. The number of fused-ring (bicyclic) bond motifs is 3. The van der Waals surface area contributed by atoms with Crippen molar-refractivity contribution in [2.75, 3.05) is 13.1 Å². The van der Waals surface area contributed by atoms with Crippen LogP contribution in [0.2, 0.25) is 0 Å². The van der Waals surface area contributed by atoms with Crippen molar-refractivity contribution in [3.05, 3.63) is 54.4 Å².